The Hall–Kier alpha value is -0.350. The van der Waals surface area contributed by atoms with E-state index in [0.29, 0.717) is 5.92 Å². The van der Waals surface area contributed by atoms with Gasteiger partial charge in [0.25, 0.3) is 0 Å². The van der Waals surface area contributed by atoms with Gasteiger partial charge >= 0.3 is 0 Å². The molecule has 0 aliphatic carbocycles. The fourth-order valence-electron chi connectivity index (χ4n) is 1.57. The Morgan fingerprint density at radius 3 is 3.07 bits per heavy atom. The molecule has 2 nitrogen and oxygen atoms in total. The number of aromatic nitrogens is 1. The molecule has 1 aliphatic heterocycles. The van der Waals surface area contributed by atoms with Crippen LogP contribution in [0.4, 0.5) is 0 Å². The standard InChI is InChI=1S/C10H13NOS2/c1-7(12)9-5-11-10(14-9)8-3-2-4-13-6-8/h5,8H,2-4,6H2,1H3. The number of ketones is 1. The lowest BCUT2D eigenvalue weighted by Crippen LogP contribution is -2.07. The lowest BCUT2D eigenvalue weighted by atomic mass is 10.1. The Morgan fingerprint density at radius 1 is 1.64 bits per heavy atom. The van der Waals surface area contributed by atoms with E-state index in [1.54, 1.807) is 24.5 Å². The van der Waals surface area contributed by atoms with E-state index in [-0.39, 0.29) is 5.78 Å². The average molecular weight is 227 g/mol. The quantitative estimate of drug-likeness (QED) is 0.728. The van der Waals surface area contributed by atoms with E-state index in [4.69, 9.17) is 0 Å². The summed E-state index contributed by atoms with van der Waals surface area (Å²) in [5.74, 6) is 3.18. The molecule has 0 radical (unpaired) electrons. The summed E-state index contributed by atoms with van der Waals surface area (Å²) in [7, 11) is 0. The molecule has 1 aliphatic rings. The number of carbonyl (C=O) groups is 1. The minimum absolute atomic E-state index is 0.136. The number of Topliss-reactive ketones (excluding diaryl/α,β-unsaturated/α-hetero) is 1. The second-order valence-electron chi connectivity index (χ2n) is 3.53. The van der Waals surface area contributed by atoms with Gasteiger partial charge in [-0.3, -0.25) is 4.79 Å². The van der Waals surface area contributed by atoms with Gasteiger partial charge in [-0.1, -0.05) is 0 Å². The van der Waals surface area contributed by atoms with Crippen LogP contribution < -0.4 is 0 Å². The maximum atomic E-state index is 11.1. The molecule has 0 amide bonds. The summed E-state index contributed by atoms with van der Waals surface area (Å²) < 4.78 is 0. The average Bonchev–Trinajstić information content (AvgIpc) is 2.68. The number of hydrogen-bond donors (Lipinski definition) is 0. The van der Waals surface area contributed by atoms with E-state index in [1.807, 2.05) is 11.8 Å². The number of nitrogens with zero attached hydrogens (tertiary/aromatic N) is 1. The molecule has 1 unspecified atom stereocenters. The normalized spacial score (nSPS) is 22.2. The summed E-state index contributed by atoms with van der Waals surface area (Å²) in [6.07, 6.45) is 4.24. The first-order chi connectivity index (χ1) is 6.77. The van der Waals surface area contributed by atoms with Gasteiger partial charge in [-0.2, -0.15) is 11.8 Å². The highest BCUT2D eigenvalue weighted by atomic mass is 32.2. The molecule has 0 aromatic carbocycles. The molecule has 76 valence electrons. The van der Waals surface area contributed by atoms with Crippen molar-refractivity contribution in [3.63, 3.8) is 0 Å². The van der Waals surface area contributed by atoms with E-state index < -0.39 is 0 Å². The zero-order valence-corrected chi connectivity index (χ0v) is 9.79. The molecule has 1 saturated heterocycles. The maximum Gasteiger partial charge on any atom is 0.171 e. The van der Waals surface area contributed by atoms with Crippen LogP contribution in [0.1, 0.15) is 40.4 Å². The summed E-state index contributed by atoms with van der Waals surface area (Å²) >= 11 is 3.57. The van der Waals surface area contributed by atoms with Crippen LogP contribution in [0.15, 0.2) is 6.20 Å². The molecule has 0 spiro atoms. The Balaban J connectivity index is 2.11. The zero-order chi connectivity index (χ0) is 9.97. The van der Waals surface area contributed by atoms with Gasteiger partial charge in [0, 0.05) is 24.8 Å². The van der Waals surface area contributed by atoms with Gasteiger partial charge in [-0.25, -0.2) is 4.98 Å². The monoisotopic (exact) mass is 227 g/mol. The zero-order valence-electron chi connectivity index (χ0n) is 8.16. The van der Waals surface area contributed by atoms with E-state index in [1.165, 1.54) is 24.3 Å². The minimum Gasteiger partial charge on any atom is -0.294 e. The second-order valence-corrected chi connectivity index (χ2v) is 5.75. The molecule has 1 aromatic rings. The van der Waals surface area contributed by atoms with Crippen LogP contribution in [0.3, 0.4) is 0 Å². The molecule has 2 heterocycles. The summed E-state index contributed by atoms with van der Waals surface area (Å²) in [6.45, 7) is 1.60. The molecule has 1 fully saturated rings. The predicted molar refractivity (Wildman–Crippen MR) is 61.4 cm³/mol. The number of rotatable bonds is 2. The van der Waals surface area contributed by atoms with Crippen molar-refractivity contribution >= 4 is 28.9 Å². The van der Waals surface area contributed by atoms with Gasteiger partial charge in [-0.05, 0) is 18.6 Å². The van der Waals surface area contributed by atoms with Crippen molar-refractivity contribution in [3.8, 4) is 0 Å². The van der Waals surface area contributed by atoms with Crippen molar-refractivity contribution < 1.29 is 4.79 Å². The van der Waals surface area contributed by atoms with Crippen molar-refractivity contribution in [1.82, 2.24) is 4.98 Å². The Bertz CT molecular complexity index is 329. The first kappa shape index (κ1) is 10.2. The molecule has 0 saturated carbocycles. The Labute approximate surface area is 92.1 Å². The van der Waals surface area contributed by atoms with Gasteiger partial charge in [0.2, 0.25) is 0 Å². The fourth-order valence-corrected chi connectivity index (χ4v) is 3.77. The molecule has 14 heavy (non-hydrogen) atoms. The van der Waals surface area contributed by atoms with E-state index in [9.17, 15) is 4.79 Å². The van der Waals surface area contributed by atoms with Crippen LogP contribution in [0.25, 0.3) is 0 Å². The smallest absolute Gasteiger partial charge is 0.171 e. The number of thioether (sulfide) groups is 1. The van der Waals surface area contributed by atoms with Gasteiger partial charge < -0.3 is 0 Å². The molecular weight excluding hydrogens is 214 g/mol. The van der Waals surface area contributed by atoms with Crippen LogP contribution >= 0.6 is 23.1 Å². The van der Waals surface area contributed by atoms with Crippen molar-refractivity contribution in [1.29, 1.82) is 0 Å². The summed E-state index contributed by atoms with van der Waals surface area (Å²) in [6, 6.07) is 0. The first-order valence-electron chi connectivity index (χ1n) is 4.82. The lowest BCUT2D eigenvalue weighted by Gasteiger charge is -2.18. The van der Waals surface area contributed by atoms with Crippen molar-refractivity contribution in [2.45, 2.75) is 25.7 Å². The SMILES string of the molecule is CC(=O)c1cnc(C2CCCSC2)s1. The largest absolute Gasteiger partial charge is 0.294 e. The summed E-state index contributed by atoms with van der Waals surface area (Å²) in [5.41, 5.74) is 0. The highest BCUT2D eigenvalue weighted by Crippen LogP contribution is 2.33. The molecule has 2 rings (SSSR count). The topological polar surface area (TPSA) is 30.0 Å². The summed E-state index contributed by atoms with van der Waals surface area (Å²) in [5, 5.41) is 1.16. The molecular formula is C10H13NOS2. The third-order valence-corrected chi connectivity index (χ3v) is 4.86. The van der Waals surface area contributed by atoms with E-state index >= 15 is 0 Å². The number of thiazole rings is 1. The van der Waals surface area contributed by atoms with Gasteiger partial charge in [0.05, 0.1) is 9.88 Å². The van der Waals surface area contributed by atoms with Gasteiger partial charge in [0.1, 0.15) is 0 Å². The van der Waals surface area contributed by atoms with Crippen LogP contribution in [-0.4, -0.2) is 22.3 Å². The van der Waals surface area contributed by atoms with Gasteiger partial charge in [-0.15, -0.1) is 11.3 Å². The van der Waals surface area contributed by atoms with Crippen LogP contribution in [0, 0.1) is 0 Å². The number of hydrogen-bond acceptors (Lipinski definition) is 4. The van der Waals surface area contributed by atoms with Crippen molar-refractivity contribution in [2.75, 3.05) is 11.5 Å². The van der Waals surface area contributed by atoms with Crippen LogP contribution in [-0.2, 0) is 0 Å². The van der Waals surface area contributed by atoms with Gasteiger partial charge in [0.15, 0.2) is 5.78 Å². The molecule has 0 N–H and O–H groups in total. The Morgan fingerprint density at radius 2 is 2.50 bits per heavy atom. The maximum absolute atomic E-state index is 11.1. The highest BCUT2D eigenvalue weighted by Gasteiger charge is 2.19. The van der Waals surface area contributed by atoms with Crippen LogP contribution in [0.5, 0.6) is 0 Å². The fraction of sp³-hybridized carbons (Fsp3) is 0.600. The van der Waals surface area contributed by atoms with Crippen molar-refractivity contribution in [3.05, 3.63) is 16.1 Å². The second kappa shape index (κ2) is 4.45. The summed E-state index contributed by atoms with van der Waals surface area (Å²) in [4.78, 5) is 16.3. The molecule has 0 bridgehead atoms. The third kappa shape index (κ3) is 2.17. The van der Waals surface area contributed by atoms with E-state index in [0.717, 1.165) is 9.88 Å². The van der Waals surface area contributed by atoms with Crippen molar-refractivity contribution in [2.24, 2.45) is 0 Å². The first-order valence-corrected chi connectivity index (χ1v) is 6.79. The molecule has 1 aromatic heterocycles. The van der Waals surface area contributed by atoms with Crippen LogP contribution in [0.2, 0.25) is 0 Å². The van der Waals surface area contributed by atoms with E-state index in [2.05, 4.69) is 4.98 Å². The number of carbonyl (C=O) groups excluding carboxylic acids is 1. The lowest BCUT2D eigenvalue weighted by molar-refractivity contribution is 0.102. The Kier molecular flexibility index (Phi) is 3.23. The predicted octanol–water partition coefficient (Wildman–Crippen LogP) is 2.96. The minimum atomic E-state index is 0.136. The molecule has 4 heteroatoms. The molecule has 1 atom stereocenters. The highest BCUT2D eigenvalue weighted by molar-refractivity contribution is 7.99. The third-order valence-electron chi connectivity index (χ3n) is 2.38.